The fourth-order valence-electron chi connectivity index (χ4n) is 2.19. The highest BCUT2D eigenvalue weighted by molar-refractivity contribution is 6.52. The molecule has 0 aromatic heterocycles. The third-order valence-corrected chi connectivity index (χ3v) is 3.40. The highest BCUT2D eigenvalue weighted by Gasteiger charge is 2.35. The van der Waals surface area contributed by atoms with Crippen molar-refractivity contribution in [2.24, 2.45) is 0 Å². The molecule has 96 valence electrons. The molecule has 0 unspecified atom stereocenters. The summed E-state index contributed by atoms with van der Waals surface area (Å²) in [4.78, 5) is 25.2. The van der Waals surface area contributed by atoms with Crippen molar-refractivity contribution in [2.45, 2.75) is 32.6 Å². The summed E-state index contributed by atoms with van der Waals surface area (Å²) >= 11 is 5.92. The van der Waals surface area contributed by atoms with Crippen molar-refractivity contribution in [1.82, 2.24) is 0 Å². The number of hydrogen-bond acceptors (Lipinski definition) is 2. The van der Waals surface area contributed by atoms with E-state index in [9.17, 15) is 9.59 Å². The van der Waals surface area contributed by atoms with Crippen molar-refractivity contribution >= 4 is 29.0 Å². The van der Waals surface area contributed by atoms with E-state index in [1.807, 2.05) is 0 Å². The number of ketones is 1. The first-order valence-corrected chi connectivity index (χ1v) is 6.68. The van der Waals surface area contributed by atoms with Crippen molar-refractivity contribution in [3.63, 3.8) is 0 Å². The molecular formula is C14H16ClNO2. The molecule has 4 heteroatoms. The number of fused-ring (bicyclic) bond motifs is 1. The zero-order valence-corrected chi connectivity index (χ0v) is 11.2. The molecule has 1 heterocycles. The highest BCUT2D eigenvalue weighted by atomic mass is 35.5. The smallest absolute Gasteiger partial charge is 0.299 e. The second-order valence-electron chi connectivity index (χ2n) is 4.51. The number of Topliss-reactive ketones (excluding diaryl/α,β-unsaturated/α-hetero) is 1. The molecule has 2 rings (SSSR count). The average molecular weight is 266 g/mol. The van der Waals surface area contributed by atoms with E-state index >= 15 is 0 Å². The Kier molecular flexibility index (Phi) is 4.02. The number of carbonyl (C=O) groups is 2. The Morgan fingerprint density at radius 1 is 1.17 bits per heavy atom. The highest BCUT2D eigenvalue weighted by Crippen LogP contribution is 2.31. The normalized spacial score (nSPS) is 14.2. The van der Waals surface area contributed by atoms with Gasteiger partial charge in [0.15, 0.2) is 0 Å². The molecule has 0 radical (unpaired) electrons. The molecule has 0 fully saturated rings. The summed E-state index contributed by atoms with van der Waals surface area (Å²) < 4.78 is 0. The van der Waals surface area contributed by atoms with Gasteiger partial charge in [-0.15, -0.1) is 0 Å². The zero-order valence-electron chi connectivity index (χ0n) is 10.4. The van der Waals surface area contributed by atoms with Gasteiger partial charge in [0.2, 0.25) is 0 Å². The molecule has 3 nitrogen and oxygen atoms in total. The van der Waals surface area contributed by atoms with Gasteiger partial charge in [-0.2, -0.15) is 0 Å². The molecule has 0 saturated carbocycles. The Morgan fingerprint density at radius 3 is 2.67 bits per heavy atom. The van der Waals surface area contributed by atoms with Gasteiger partial charge in [-0.3, -0.25) is 9.59 Å². The number of rotatable bonds is 5. The van der Waals surface area contributed by atoms with Gasteiger partial charge in [0.25, 0.3) is 11.7 Å². The van der Waals surface area contributed by atoms with E-state index in [0.29, 0.717) is 22.8 Å². The number of unbranched alkanes of at least 4 members (excludes halogenated alkanes) is 3. The third kappa shape index (κ3) is 2.41. The van der Waals surface area contributed by atoms with Crippen molar-refractivity contribution in [2.75, 3.05) is 11.4 Å². The van der Waals surface area contributed by atoms with Crippen LogP contribution in [-0.2, 0) is 4.79 Å². The van der Waals surface area contributed by atoms with E-state index in [4.69, 9.17) is 11.6 Å². The van der Waals surface area contributed by atoms with Gasteiger partial charge in [-0.25, -0.2) is 0 Å². The van der Waals surface area contributed by atoms with Crippen LogP contribution in [0.4, 0.5) is 5.69 Å². The number of halogens is 1. The minimum atomic E-state index is -0.427. The van der Waals surface area contributed by atoms with Crippen molar-refractivity contribution in [1.29, 1.82) is 0 Å². The van der Waals surface area contributed by atoms with Crippen LogP contribution in [-0.4, -0.2) is 18.2 Å². The minimum Gasteiger partial charge on any atom is -0.305 e. The van der Waals surface area contributed by atoms with E-state index in [0.717, 1.165) is 25.7 Å². The zero-order chi connectivity index (χ0) is 13.1. The number of hydrogen-bond donors (Lipinski definition) is 0. The maximum absolute atomic E-state index is 11.9. The maximum atomic E-state index is 11.9. The van der Waals surface area contributed by atoms with Gasteiger partial charge in [0.1, 0.15) is 0 Å². The molecule has 1 aromatic rings. The maximum Gasteiger partial charge on any atom is 0.299 e. The van der Waals surface area contributed by atoms with Gasteiger partial charge in [-0.05, 0) is 24.6 Å². The average Bonchev–Trinajstić information content (AvgIpc) is 2.59. The predicted molar refractivity (Wildman–Crippen MR) is 72.3 cm³/mol. The molecule has 1 aromatic carbocycles. The summed E-state index contributed by atoms with van der Waals surface area (Å²) in [7, 11) is 0. The quantitative estimate of drug-likeness (QED) is 0.604. The van der Waals surface area contributed by atoms with E-state index in [-0.39, 0.29) is 0 Å². The first kappa shape index (κ1) is 13.1. The van der Waals surface area contributed by atoms with Gasteiger partial charge < -0.3 is 4.90 Å². The van der Waals surface area contributed by atoms with E-state index in [2.05, 4.69) is 6.92 Å². The van der Waals surface area contributed by atoms with Gasteiger partial charge in [0, 0.05) is 11.6 Å². The van der Waals surface area contributed by atoms with Crippen molar-refractivity contribution in [3.05, 3.63) is 28.8 Å². The minimum absolute atomic E-state index is 0.419. The van der Waals surface area contributed by atoms with Crippen molar-refractivity contribution < 1.29 is 9.59 Å². The summed E-state index contributed by atoms with van der Waals surface area (Å²) in [6.45, 7) is 2.73. The van der Waals surface area contributed by atoms with Crippen LogP contribution in [0.15, 0.2) is 18.2 Å². The molecule has 18 heavy (non-hydrogen) atoms. The Morgan fingerprint density at radius 2 is 1.94 bits per heavy atom. The lowest BCUT2D eigenvalue weighted by molar-refractivity contribution is -0.114. The number of amides is 1. The van der Waals surface area contributed by atoms with Crippen LogP contribution in [0.25, 0.3) is 0 Å². The largest absolute Gasteiger partial charge is 0.305 e. The molecule has 0 saturated heterocycles. The number of carbonyl (C=O) groups excluding carboxylic acids is 2. The first-order valence-electron chi connectivity index (χ1n) is 6.31. The molecule has 0 spiro atoms. The molecule has 0 atom stereocenters. The molecule has 1 amide bonds. The fraction of sp³-hybridized carbons (Fsp3) is 0.429. The van der Waals surface area contributed by atoms with Crippen LogP contribution in [0.1, 0.15) is 43.0 Å². The van der Waals surface area contributed by atoms with Crippen LogP contribution in [0.2, 0.25) is 5.02 Å². The summed E-state index contributed by atoms with van der Waals surface area (Å²) in [5.74, 6) is -0.846. The second kappa shape index (κ2) is 5.53. The van der Waals surface area contributed by atoms with Gasteiger partial charge >= 0.3 is 0 Å². The summed E-state index contributed by atoms with van der Waals surface area (Å²) in [6.07, 6.45) is 4.29. The fourth-order valence-corrected chi connectivity index (χ4v) is 2.35. The van der Waals surface area contributed by atoms with E-state index in [1.54, 1.807) is 23.1 Å². The van der Waals surface area contributed by atoms with Crippen LogP contribution in [0, 0.1) is 0 Å². The Labute approximate surface area is 112 Å². The lowest BCUT2D eigenvalue weighted by atomic mass is 10.1. The Bertz CT molecular complexity index is 485. The molecule has 0 aliphatic carbocycles. The second-order valence-corrected chi connectivity index (χ2v) is 4.94. The Hall–Kier alpha value is -1.35. The topological polar surface area (TPSA) is 37.4 Å². The van der Waals surface area contributed by atoms with Crippen LogP contribution >= 0.6 is 11.6 Å². The third-order valence-electron chi connectivity index (χ3n) is 3.17. The monoisotopic (exact) mass is 265 g/mol. The van der Waals surface area contributed by atoms with Crippen LogP contribution in [0.3, 0.4) is 0 Å². The van der Waals surface area contributed by atoms with Crippen molar-refractivity contribution in [3.8, 4) is 0 Å². The SMILES string of the molecule is CCCCCCN1C(=O)C(=O)c2ccc(Cl)cc21. The van der Waals surface area contributed by atoms with Crippen LogP contribution < -0.4 is 4.90 Å². The Balaban J connectivity index is 2.14. The predicted octanol–water partition coefficient (Wildman–Crippen LogP) is 3.45. The van der Waals surface area contributed by atoms with Gasteiger partial charge in [-0.1, -0.05) is 37.8 Å². The van der Waals surface area contributed by atoms with E-state index < -0.39 is 11.7 Å². The molecular weight excluding hydrogens is 250 g/mol. The van der Waals surface area contributed by atoms with E-state index in [1.165, 1.54) is 0 Å². The number of anilines is 1. The molecule has 0 bridgehead atoms. The standard InChI is InChI=1S/C14H16ClNO2/c1-2-3-4-5-8-16-12-9-10(15)6-7-11(12)13(17)14(16)18/h6-7,9H,2-5,8H2,1H3. The molecule has 1 aliphatic rings. The van der Waals surface area contributed by atoms with Gasteiger partial charge in [0.05, 0.1) is 11.3 Å². The molecule has 1 aliphatic heterocycles. The van der Waals surface area contributed by atoms with Crippen LogP contribution in [0.5, 0.6) is 0 Å². The first-order chi connectivity index (χ1) is 8.65. The lowest BCUT2D eigenvalue weighted by Crippen LogP contribution is -2.30. The molecule has 0 N–H and O–H groups in total. The number of benzene rings is 1. The summed E-state index contributed by atoms with van der Waals surface area (Å²) in [6, 6.07) is 4.97. The summed E-state index contributed by atoms with van der Waals surface area (Å²) in [5, 5.41) is 0.551. The summed E-state index contributed by atoms with van der Waals surface area (Å²) in [5.41, 5.74) is 1.13. The number of nitrogens with zero attached hydrogens (tertiary/aromatic N) is 1. The lowest BCUT2D eigenvalue weighted by Gasteiger charge is -2.16.